The predicted octanol–water partition coefficient (Wildman–Crippen LogP) is 7.60. The Kier molecular flexibility index (Phi) is 16.1. The van der Waals surface area contributed by atoms with E-state index in [0.29, 0.717) is 0 Å². The third kappa shape index (κ3) is 15.5. The summed E-state index contributed by atoms with van der Waals surface area (Å²) in [6.45, 7) is 6.81. The van der Waals surface area contributed by atoms with Gasteiger partial charge in [0.2, 0.25) is 0 Å². The van der Waals surface area contributed by atoms with Gasteiger partial charge in [0, 0.05) is 0 Å². The molecule has 0 rings (SSSR count). The fourth-order valence-electron chi connectivity index (χ4n) is 2.46. The van der Waals surface area contributed by atoms with Crippen LogP contribution in [-0.4, -0.2) is 0 Å². The summed E-state index contributed by atoms with van der Waals surface area (Å²) in [5.74, 6) is 0. The molecule has 0 saturated carbocycles. The second kappa shape index (κ2) is 16.5. The van der Waals surface area contributed by atoms with Crippen LogP contribution in [0.15, 0.2) is 23.8 Å². The van der Waals surface area contributed by atoms with Crippen molar-refractivity contribution in [2.24, 2.45) is 0 Å². The molecule has 0 unspecified atom stereocenters. The Morgan fingerprint density at radius 2 is 1.25 bits per heavy atom. The molecule has 0 aromatic heterocycles. The fourth-order valence-corrected chi connectivity index (χ4v) is 2.46. The standard InChI is InChI=1S/C20H38/c1-4-6-8-9-10-11-12-13-14-15-17-19-20(3)18-16-7-5-2/h15,17,19H,4-14,16,18H2,1-3H3/b17-15+,20-19+. The van der Waals surface area contributed by atoms with Crippen LogP contribution in [0.25, 0.3) is 0 Å². The molecule has 0 aromatic rings. The summed E-state index contributed by atoms with van der Waals surface area (Å²) in [5.41, 5.74) is 1.53. The van der Waals surface area contributed by atoms with E-state index in [9.17, 15) is 0 Å². The Labute approximate surface area is 128 Å². The number of rotatable bonds is 14. The molecule has 0 atom stereocenters. The molecule has 0 aliphatic carbocycles. The van der Waals surface area contributed by atoms with Crippen molar-refractivity contribution in [3.8, 4) is 0 Å². The van der Waals surface area contributed by atoms with Gasteiger partial charge < -0.3 is 0 Å². The Morgan fingerprint density at radius 3 is 1.90 bits per heavy atom. The maximum absolute atomic E-state index is 2.35. The minimum absolute atomic E-state index is 1.26. The SMILES string of the molecule is CCCCCCCCCC/C=C/C=C(\C)CCCCC. The highest BCUT2D eigenvalue weighted by molar-refractivity contribution is 5.10. The minimum atomic E-state index is 1.26. The minimum Gasteiger partial charge on any atom is -0.0845 e. The van der Waals surface area contributed by atoms with Gasteiger partial charge in [-0.2, -0.15) is 0 Å². The molecule has 0 aliphatic heterocycles. The molecule has 0 amide bonds. The quantitative estimate of drug-likeness (QED) is 0.227. The van der Waals surface area contributed by atoms with Crippen molar-refractivity contribution in [3.05, 3.63) is 23.8 Å². The zero-order valence-electron chi connectivity index (χ0n) is 14.4. The van der Waals surface area contributed by atoms with Gasteiger partial charge in [-0.1, -0.05) is 95.4 Å². The van der Waals surface area contributed by atoms with E-state index in [-0.39, 0.29) is 0 Å². The van der Waals surface area contributed by atoms with Gasteiger partial charge in [0.25, 0.3) is 0 Å². The van der Waals surface area contributed by atoms with E-state index in [1.54, 1.807) is 0 Å². The lowest BCUT2D eigenvalue weighted by Gasteiger charge is -2.00. The van der Waals surface area contributed by atoms with Crippen LogP contribution in [0, 0.1) is 0 Å². The molecule has 0 heterocycles. The zero-order chi connectivity index (χ0) is 14.9. The fraction of sp³-hybridized carbons (Fsp3) is 0.800. The molecule has 0 aliphatic rings. The van der Waals surface area contributed by atoms with Crippen molar-refractivity contribution >= 4 is 0 Å². The molecule has 0 fully saturated rings. The molecule has 0 saturated heterocycles. The average molecular weight is 279 g/mol. The first-order valence-electron chi connectivity index (χ1n) is 9.13. The summed E-state index contributed by atoms with van der Waals surface area (Å²) in [4.78, 5) is 0. The molecule has 0 N–H and O–H groups in total. The summed E-state index contributed by atoms with van der Waals surface area (Å²) < 4.78 is 0. The lowest BCUT2D eigenvalue weighted by Crippen LogP contribution is -1.80. The van der Waals surface area contributed by atoms with Gasteiger partial charge in [-0.3, -0.25) is 0 Å². The Hall–Kier alpha value is -0.520. The van der Waals surface area contributed by atoms with Crippen molar-refractivity contribution < 1.29 is 0 Å². The van der Waals surface area contributed by atoms with E-state index < -0.39 is 0 Å². The maximum Gasteiger partial charge on any atom is -0.0320 e. The summed E-state index contributed by atoms with van der Waals surface area (Å²) in [5, 5.41) is 0. The van der Waals surface area contributed by atoms with Gasteiger partial charge in [0.15, 0.2) is 0 Å². The third-order valence-corrected chi connectivity index (χ3v) is 3.92. The van der Waals surface area contributed by atoms with Crippen LogP contribution in [0.1, 0.15) is 104 Å². The average Bonchev–Trinajstić information content (AvgIpc) is 2.45. The van der Waals surface area contributed by atoms with Gasteiger partial charge in [-0.25, -0.2) is 0 Å². The molecule has 20 heavy (non-hydrogen) atoms. The van der Waals surface area contributed by atoms with Crippen LogP contribution in [0.5, 0.6) is 0 Å². The highest BCUT2D eigenvalue weighted by Crippen LogP contribution is 2.10. The van der Waals surface area contributed by atoms with E-state index in [2.05, 4.69) is 39.0 Å². The van der Waals surface area contributed by atoms with Crippen molar-refractivity contribution in [1.29, 1.82) is 0 Å². The first kappa shape index (κ1) is 19.5. The Balaban J connectivity index is 3.32. The molecule has 118 valence electrons. The predicted molar refractivity (Wildman–Crippen MR) is 94.3 cm³/mol. The van der Waals surface area contributed by atoms with Gasteiger partial charge >= 0.3 is 0 Å². The van der Waals surface area contributed by atoms with Crippen molar-refractivity contribution in [1.82, 2.24) is 0 Å². The highest BCUT2D eigenvalue weighted by atomic mass is 14.0. The topological polar surface area (TPSA) is 0 Å². The van der Waals surface area contributed by atoms with E-state index >= 15 is 0 Å². The smallest absolute Gasteiger partial charge is 0.0320 e. The van der Waals surface area contributed by atoms with Crippen LogP contribution in [0.2, 0.25) is 0 Å². The van der Waals surface area contributed by atoms with Crippen LogP contribution in [-0.2, 0) is 0 Å². The molecule has 0 spiro atoms. The zero-order valence-corrected chi connectivity index (χ0v) is 14.4. The molecule has 0 heteroatoms. The second-order valence-electron chi connectivity index (χ2n) is 6.16. The summed E-state index contributed by atoms with van der Waals surface area (Å²) in [6, 6.07) is 0. The third-order valence-electron chi connectivity index (χ3n) is 3.92. The van der Waals surface area contributed by atoms with Crippen molar-refractivity contribution in [2.45, 2.75) is 104 Å². The van der Waals surface area contributed by atoms with Crippen LogP contribution in [0.3, 0.4) is 0 Å². The number of hydrogen-bond acceptors (Lipinski definition) is 0. The summed E-state index contributed by atoms with van der Waals surface area (Å²) in [7, 11) is 0. The van der Waals surface area contributed by atoms with Crippen molar-refractivity contribution in [2.75, 3.05) is 0 Å². The number of hydrogen-bond donors (Lipinski definition) is 0. The van der Waals surface area contributed by atoms with Crippen LogP contribution < -0.4 is 0 Å². The Morgan fingerprint density at radius 1 is 0.700 bits per heavy atom. The largest absolute Gasteiger partial charge is 0.0845 e. The van der Waals surface area contributed by atoms with Crippen LogP contribution >= 0.6 is 0 Å². The molecular formula is C20H38. The molecule has 0 aromatic carbocycles. The molecular weight excluding hydrogens is 240 g/mol. The van der Waals surface area contributed by atoms with Gasteiger partial charge in [-0.05, 0) is 32.6 Å². The second-order valence-corrected chi connectivity index (χ2v) is 6.16. The maximum atomic E-state index is 2.35. The van der Waals surface area contributed by atoms with Gasteiger partial charge in [-0.15, -0.1) is 0 Å². The Bertz CT molecular complexity index is 234. The van der Waals surface area contributed by atoms with E-state index in [0.717, 1.165) is 0 Å². The summed E-state index contributed by atoms with van der Waals surface area (Å²) in [6.07, 6.45) is 24.8. The van der Waals surface area contributed by atoms with E-state index in [4.69, 9.17) is 0 Å². The first-order chi connectivity index (χ1) is 9.81. The lowest BCUT2D eigenvalue weighted by molar-refractivity contribution is 0.577. The van der Waals surface area contributed by atoms with Crippen molar-refractivity contribution in [3.63, 3.8) is 0 Å². The monoisotopic (exact) mass is 278 g/mol. The molecule has 0 nitrogen and oxygen atoms in total. The molecule has 0 radical (unpaired) electrons. The number of allylic oxidation sites excluding steroid dienone is 4. The number of unbranched alkanes of at least 4 members (excludes halogenated alkanes) is 10. The summed E-state index contributed by atoms with van der Waals surface area (Å²) >= 11 is 0. The first-order valence-corrected chi connectivity index (χ1v) is 9.13. The highest BCUT2D eigenvalue weighted by Gasteiger charge is 1.91. The normalized spacial score (nSPS) is 12.4. The van der Waals surface area contributed by atoms with Gasteiger partial charge in [0.05, 0.1) is 0 Å². The van der Waals surface area contributed by atoms with Crippen LogP contribution in [0.4, 0.5) is 0 Å². The van der Waals surface area contributed by atoms with E-state index in [1.807, 2.05) is 0 Å². The van der Waals surface area contributed by atoms with Gasteiger partial charge in [0.1, 0.15) is 0 Å². The lowest BCUT2D eigenvalue weighted by atomic mass is 10.1. The molecule has 0 bridgehead atoms. The van der Waals surface area contributed by atoms with E-state index in [1.165, 1.54) is 89.0 Å².